The molecule has 0 bridgehead atoms. The van der Waals surface area contributed by atoms with Gasteiger partial charge >= 0.3 is 6.18 Å². The minimum Gasteiger partial charge on any atom is -0.391 e. The van der Waals surface area contributed by atoms with Crippen molar-refractivity contribution in [3.8, 4) is 0 Å². The van der Waals surface area contributed by atoms with Gasteiger partial charge in [0.15, 0.2) is 0 Å². The molecule has 19 heavy (non-hydrogen) atoms. The van der Waals surface area contributed by atoms with Crippen LogP contribution in [-0.2, 0) is 6.18 Å². The van der Waals surface area contributed by atoms with E-state index in [1.807, 2.05) is 0 Å². The summed E-state index contributed by atoms with van der Waals surface area (Å²) < 4.78 is 39.0. The molecule has 104 valence electrons. The van der Waals surface area contributed by atoms with Crippen molar-refractivity contribution in [2.75, 3.05) is 13.1 Å². The van der Waals surface area contributed by atoms with E-state index in [9.17, 15) is 23.1 Å². The molecule has 0 saturated carbocycles. The Morgan fingerprint density at radius 2 is 2.11 bits per heavy atom. The van der Waals surface area contributed by atoms with Crippen LogP contribution in [0.25, 0.3) is 0 Å². The number of amides is 1. The summed E-state index contributed by atoms with van der Waals surface area (Å²) in [6.07, 6.45) is -4.86. The van der Waals surface area contributed by atoms with E-state index >= 15 is 0 Å². The fourth-order valence-electron chi connectivity index (χ4n) is 2.03. The molecule has 7 heteroatoms. The molecule has 3 nitrogen and oxygen atoms in total. The molecule has 1 aliphatic heterocycles. The summed E-state index contributed by atoms with van der Waals surface area (Å²) in [5.74, 6) is -0.698. The molecule has 1 atom stereocenters. The normalized spacial score (nSPS) is 19.8. The molecule has 1 N–H and O–H groups in total. The molecular formula is C12H11BrF3NO2. The van der Waals surface area contributed by atoms with Gasteiger partial charge in [0.1, 0.15) is 0 Å². The van der Waals surface area contributed by atoms with Crippen LogP contribution in [-0.4, -0.2) is 35.1 Å². The third-order valence-electron chi connectivity index (χ3n) is 2.97. The molecule has 1 aliphatic rings. The molecule has 1 amide bonds. The van der Waals surface area contributed by atoms with Gasteiger partial charge in [0, 0.05) is 17.6 Å². The molecule has 0 spiro atoms. The SMILES string of the molecule is O=C(c1ccc(Br)cc1C(F)(F)F)N1CC[C@@H](O)C1. The van der Waals surface area contributed by atoms with Crippen LogP contribution in [0.5, 0.6) is 0 Å². The van der Waals surface area contributed by atoms with E-state index in [0.717, 1.165) is 12.1 Å². The zero-order valence-corrected chi connectivity index (χ0v) is 11.3. The Morgan fingerprint density at radius 1 is 1.42 bits per heavy atom. The van der Waals surface area contributed by atoms with Gasteiger partial charge in [-0.1, -0.05) is 15.9 Å². The van der Waals surface area contributed by atoms with E-state index in [-0.39, 0.29) is 23.1 Å². The van der Waals surface area contributed by atoms with Crippen LogP contribution in [0.4, 0.5) is 13.2 Å². The number of β-amino-alcohol motifs (C(OH)–C–C–N with tert-alkyl or cyclic N) is 1. The highest BCUT2D eigenvalue weighted by Crippen LogP contribution is 2.34. The fraction of sp³-hybridized carbons (Fsp3) is 0.417. The first kappa shape index (κ1) is 14.3. The van der Waals surface area contributed by atoms with E-state index < -0.39 is 23.8 Å². The average molecular weight is 338 g/mol. The summed E-state index contributed by atoms with van der Waals surface area (Å²) >= 11 is 2.97. The number of likely N-dealkylation sites (tertiary alicyclic amines) is 1. The van der Waals surface area contributed by atoms with Gasteiger partial charge in [-0.15, -0.1) is 0 Å². The number of aliphatic hydroxyl groups is 1. The minimum absolute atomic E-state index is 0.0756. The highest BCUT2D eigenvalue weighted by molar-refractivity contribution is 9.10. The molecule has 1 saturated heterocycles. The van der Waals surface area contributed by atoms with Crippen molar-refractivity contribution in [2.24, 2.45) is 0 Å². The summed E-state index contributed by atoms with van der Waals surface area (Å²) in [4.78, 5) is 13.3. The summed E-state index contributed by atoms with van der Waals surface area (Å²) in [7, 11) is 0. The van der Waals surface area contributed by atoms with Crippen molar-refractivity contribution < 1.29 is 23.1 Å². The lowest BCUT2D eigenvalue weighted by molar-refractivity contribution is -0.138. The number of nitrogens with zero attached hydrogens (tertiary/aromatic N) is 1. The first-order valence-corrected chi connectivity index (χ1v) is 6.42. The third kappa shape index (κ3) is 3.09. The van der Waals surface area contributed by atoms with Crippen molar-refractivity contribution >= 4 is 21.8 Å². The highest BCUT2D eigenvalue weighted by Gasteiger charge is 2.37. The van der Waals surface area contributed by atoms with Gasteiger partial charge in [-0.3, -0.25) is 4.79 Å². The van der Waals surface area contributed by atoms with Gasteiger partial charge in [-0.05, 0) is 24.6 Å². The zero-order chi connectivity index (χ0) is 14.2. The second-order valence-electron chi connectivity index (χ2n) is 4.38. The Kier molecular flexibility index (Phi) is 3.87. The van der Waals surface area contributed by atoms with Gasteiger partial charge in [0.25, 0.3) is 5.91 Å². The molecular weight excluding hydrogens is 327 g/mol. The zero-order valence-electron chi connectivity index (χ0n) is 9.75. The van der Waals surface area contributed by atoms with Crippen molar-refractivity contribution in [3.05, 3.63) is 33.8 Å². The van der Waals surface area contributed by atoms with Gasteiger partial charge in [0.05, 0.1) is 17.2 Å². The lowest BCUT2D eigenvalue weighted by Crippen LogP contribution is -2.31. The fourth-order valence-corrected chi connectivity index (χ4v) is 2.40. The first-order valence-electron chi connectivity index (χ1n) is 5.63. The Balaban J connectivity index is 2.36. The highest BCUT2D eigenvalue weighted by atomic mass is 79.9. The second-order valence-corrected chi connectivity index (χ2v) is 5.30. The van der Waals surface area contributed by atoms with Crippen molar-refractivity contribution in [1.29, 1.82) is 0 Å². The molecule has 1 aromatic rings. The number of hydrogen-bond acceptors (Lipinski definition) is 2. The summed E-state index contributed by atoms with van der Waals surface area (Å²) in [6.45, 7) is 0.347. The Bertz CT molecular complexity index is 504. The van der Waals surface area contributed by atoms with E-state index in [1.165, 1.54) is 11.0 Å². The number of benzene rings is 1. The number of hydrogen-bond donors (Lipinski definition) is 1. The molecule has 0 aliphatic carbocycles. The summed E-state index contributed by atoms with van der Waals surface area (Å²) in [5, 5.41) is 9.35. The predicted octanol–water partition coefficient (Wildman–Crippen LogP) is 2.67. The predicted molar refractivity (Wildman–Crippen MR) is 65.7 cm³/mol. The first-order chi connectivity index (χ1) is 8.79. The van der Waals surface area contributed by atoms with Crippen LogP contribution in [0, 0.1) is 0 Å². The maximum absolute atomic E-state index is 12.9. The van der Waals surface area contributed by atoms with Gasteiger partial charge in [-0.25, -0.2) is 0 Å². The van der Waals surface area contributed by atoms with Gasteiger partial charge in [-0.2, -0.15) is 13.2 Å². The third-order valence-corrected chi connectivity index (χ3v) is 3.46. The molecule has 0 radical (unpaired) electrons. The van der Waals surface area contributed by atoms with Gasteiger partial charge in [0.2, 0.25) is 0 Å². The molecule has 0 aromatic heterocycles. The van der Waals surface area contributed by atoms with E-state index in [4.69, 9.17) is 0 Å². The monoisotopic (exact) mass is 337 g/mol. The summed E-state index contributed by atoms with van der Waals surface area (Å²) in [5.41, 5.74) is -1.35. The maximum Gasteiger partial charge on any atom is 0.417 e. The quantitative estimate of drug-likeness (QED) is 0.855. The molecule has 0 unspecified atom stereocenters. The Morgan fingerprint density at radius 3 is 2.63 bits per heavy atom. The number of halogens is 4. The lowest BCUT2D eigenvalue weighted by atomic mass is 10.1. The topological polar surface area (TPSA) is 40.5 Å². The maximum atomic E-state index is 12.9. The molecule has 2 rings (SSSR count). The smallest absolute Gasteiger partial charge is 0.391 e. The number of alkyl halides is 3. The number of aliphatic hydroxyl groups excluding tert-OH is 1. The minimum atomic E-state index is -4.59. The molecule has 1 fully saturated rings. The second kappa shape index (κ2) is 5.13. The number of carbonyl (C=O) groups excluding carboxylic acids is 1. The Labute approximate surface area is 116 Å². The Hall–Kier alpha value is -1.08. The van der Waals surface area contributed by atoms with Crippen LogP contribution in [0.1, 0.15) is 22.3 Å². The largest absolute Gasteiger partial charge is 0.417 e. The number of carbonyl (C=O) groups is 1. The van der Waals surface area contributed by atoms with Crippen LogP contribution >= 0.6 is 15.9 Å². The number of rotatable bonds is 1. The standard InChI is InChI=1S/C12H11BrF3NO2/c13-7-1-2-9(10(5-7)12(14,15)16)11(19)17-4-3-8(18)6-17/h1-2,5,8,18H,3-4,6H2/t8-/m1/s1. The van der Waals surface area contributed by atoms with E-state index in [2.05, 4.69) is 15.9 Å². The lowest BCUT2D eigenvalue weighted by Gasteiger charge is -2.19. The molecule has 1 heterocycles. The van der Waals surface area contributed by atoms with Crippen LogP contribution in [0.15, 0.2) is 22.7 Å². The van der Waals surface area contributed by atoms with Crippen LogP contribution in [0.2, 0.25) is 0 Å². The van der Waals surface area contributed by atoms with E-state index in [0.29, 0.717) is 6.42 Å². The van der Waals surface area contributed by atoms with Crippen molar-refractivity contribution in [1.82, 2.24) is 4.90 Å². The van der Waals surface area contributed by atoms with Gasteiger partial charge < -0.3 is 10.0 Å². The van der Waals surface area contributed by atoms with Crippen molar-refractivity contribution in [3.63, 3.8) is 0 Å². The van der Waals surface area contributed by atoms with E-state index in [1.54, 1.807) is 0 Å². The molecule has 1 aromatic carbocycles. The van der Waals surface area contributed by atoms with Crippen molar-refractivity contribution in [2.45, 2.75) is 18.7 Å². The average Bonchev–Trinajstić information content (AvgIpc) is 2.74. The summed E-state index contributed by atoms with van der Waals surface area (Å²) in [6, 6.07) is 3.44. The van der Waals surface area contributed by atoms with Crippen LogP contribution < -0.4 is 0 Å². The van der Waals surface area contributed by atoms with Crippen LogP contribution in [0.3, 0.4) is 0 Å².